The normalized spacial score (nSPS) is 15.8. The van der Waals surface area contributed by atoms with Gasteiger partial charge in [0.05, 0.1) is 23.2 Å². The summed E-state index contributed by atoms with van der Waals surface area (Å²) in [6, 6.07) is 7.54. The predicted octanol–water partition coefficient (Wildman–Crippen LogP) is 3.19. The molecule has 1 unspecified atom stereocenters. The molecule has 0 saturated heterocycles. The van der Waals surface area contributed by atoms with Crippen molar-refractivity contribution in [2.45, 2.75) is 11.8 Å². The van der Waals surface area contributed by atoms with E-state index in [1.54, 1.807) is 6.26 Å². The second-order valence-corrected chi connectivity index (χ2v) is 5.61. The highest BCUT2D eigenvalue weighted by atomic mass is 79.9. The molecule has 1 amide bonds. The maximum Gasteiger partial charge on any atom is 0.255 e. The second kappa shape index (κ2) is 5.32. The van der Waals surface area contributed by atoms with E-state index in [2.05, 4.69) is 21.2 Å². The van der Waals surface area contributed by atoms with Crippen molar-refractivity contribution < 1.29 is 13.9 Å². The zero-order chi connectivity index (χ0) is 14.1. The monoisotopic (exact) mass is 335 g/mol. The molecule has 2 heterocycles. The standard InChI is InChI=1S/C15H14BrNO3/c1-9-4-6-20-14(9)13(16)10-2-3-12-11(8-10)15(18)17-5-7-19-12/h2-4,6,8,13H,5,7H2,1H3,(H,17,18). The number of nitrogens with one attached hydrogen (secondary N) is 1. The Hall–Kier alpha value is -1.75. The Labute approximate surface area is 125 Å². The molecule has 1 aliphatic heterocycles. The lowest BCUT2D eigenvalue weighted by atomic mass is 10.0. The molecule has 104 valence electrons. The number of carbonyl (C=O) groups excluding carboxylic acids is 1. The number of alkyl halides is 1. The van der Waals surface area contributed by atoms with Crippen LogP contribution < -0.4 is 10.1 Å². The first-order chi connectivity index (χ1) is 9.66. The third-order valence-electron chi connectivity index (χ3n) is 3.32. The van der Waals surface area contributed by atoms with Gasteiger partial charge in [-0.15, -0.1) is 0 Å². The van der Waals surface area contributed by atoms with Crippen LogP contribution in [0.15, 0.2) is 34.9 Å². The Morgan fingerprint density at radius 2 is 2.20 bits per heavy atom. The van der Waals surface area contributed by atoms with Crippen LogP contribution in [-0.4, -0.2) is 19.1 Å². The summed E-state index contributed by atoms with van der Waals surface area (Å²) in [4.78, 5) is 11.9. The molecule has 20 heavy (non-hydrogen) atoms. The molecule has 1 aromatic carbocycles. The number of rotatable bonds is 2. The van der Waals surface area contributed by atoms with Gasteiger partial charge in [0.15, 0.2) is 0 Å². The first-order valence-corrected chi connectivity index (χ1v) is 7.31. The molecule has 0 aliphatic carbocycles. The maximum absolute atomic E-state index is 12.0. The van der Waals surface area contributed by atoms with Crippen molar-refractivity contribution in [1.82, 2.24) is 5.32 Å². The lowest BCUT2D eigenvalue weighted by Crippen LogP contribution is -2.24. The fraction of sp³-hybridized carbons (Fsp3) is 0.267. The summed E-state index contributed by atoms with van der Waals surface area (Å²) in [6.45, 7) is 3.01. The van der Waals surface area contributed by atoms with Crippen LogP contribution in [0.3, 0.4) is 0 Å². The van der Waals surface area contributed by atoms with E-state index in [1.807, 2.05) is 31.2 Å². The van der Waals surface area contributed by atoms with Crippen LogP contribution in [0.2, 0.25) is 0 Å². The fourth-order valence-electron chi connectivity index (χ4n) is 2.22. The zero-order valence-electron chi connectivity index (χ0n) is 11.0. The van der Waals surface area contributed by atoms with Crippen molar-refractivity contribution >= 4 is 21.8 Å². The van der Waals surface area contributed by atoms with Crippen LogP contribution in [0.25, 0.3) is 0 Å². The number of hydrogen-bond acceptors (Lipinski definition) is 3. The lowest BCUT2D eigenvalue weighted by Gasteiger charge is -2.12. The minimum absolute atomic E-state index is 0.0844. The van der Waals surface area contributed by atoms with Crippen molar-refractivity contribution in [2.24, 2.45) is 0 Å². The van der Waals surface area contributed by atoms with Gasteiger partial charge in [-0.05, 0) is 36.2 Å². The van der Waals surface area contributed by atoms with Gasteiger partial charge in [-0.2, -0.15) is 0 Å². The van der Waals surface area contributed by atoms with E-state index in [4.69, 9.17) is 9.15 Å². The average Bonchev–Trinajstić information content (AvgIpc) is 2.79. The van der Waals surface area contributed by atoms with Gasteiger partial charge in [0.1, 0.15) is 18.1 Å². The van der Waals surface area contributed by atoms with Gasteiger partial charge >= 0.3 is 0 Å². The Morgan fingerprint density at radius 3 is 2.95 bits per heavy atom. The van der Waals surface area contributed by atoms with Gasteiger partial charge < -0.3 is 14.5 Å². The third-order valence-corrected chi connectivity index (χ3v) is 4.26. The van der Waals surface area contributed by atoms with Crippen molar-refractivity contribution in [3.05, 3.63) is 53.0 Å². The molecule has 1 N–H and O–H groups in total. The van der Waals surface area contributed by atoms with Gasteiger partial charge in [-0.3, -0.25) is 4.79 Å². The highest BCUT2D eigenvalue weighted by Crippen LogP contribution is 2.35. The molecular formula is C15H14BrNO3. The van der Waals surface area contributed by atoms with Gasteiger partial charge in [-0.25, -0.2) is 0 Å². The zero-order valence-corrected chi connectivity index (χ0v) is 12.6. The lowest BCUT2D eigenvalue weighted by molar-refractivity contribution is 0.0957. The number of hydrogen-bond donors (Lipinski definition) is 1. The molecule has 3 rings (SSSR count). The predicted molar refractivity (Wildman–Crippen MR) is 78.5 cm³/mol. The average molecular weight is 336 g/mol. The quantitative estimate of drug-likeness (QED) is 0.857. The molecule has 0 fully saturated rings. The van der Waals surface area contributed by atoms with Crippen molar-refractivity contribution in [1.29, 1.82) is 0 Å². The van der Waals surface area contributed by atoms with Crippen molar-refractivity contribution in [3.8, 4) is 5.75 Å². The second-order valence-electron chi connectivity index (χ2n) is 4.69. The summed E-state index contributed by atoms with van der Waals surface area (Å²) in [5.74, 6) is 1.37. The van der Waals surface area contributed by atoms with E-state index in [9.17, 15) is 4.79 Å². The van der Waals surface area contributed by atoms with Gasteiger partial charge in [-0.1, -0.05) is 22.0 Å². The van der Waals surface area contributed by atoms with Crippen LogP contribution in [0.5, 0.6) is 5.75 Å². The summed E-state index contributed by atoms with van der Waals surface area (Å²) < 4.78 is 11.0. The Bertz CT molecular complexity index is 650. The smallest absolute Gasteiger partial charge is 0.255 e. The minimum atomic E-state index is -0.102. The fourth-order valence-corrected chi connectivity index (χ4v) is 2.98. The number of fused-ring (bicyclic) bond motifs is 1. The van der Waals surface area contributed by atoms with Crippen LogP contribution >= 0.6 is 15.9 Å². The third kappa shape index (κ3) is 2.33. The molecule has 1 aromatic heterocycles. The number of halogens is 1. The first kappa shape index (κ1) is 13.2. The molecule has 1 aliphatic rings. The van der Waals surface area contributed by atoms with Crippen molar-refractivity contribution in [2.75, 3.05) is 13.2 Å². The van der Waals surface area contributed by atoms with E-state index < -0.39 is 0 Å². The van der Waals surface area contributed by atoms with E-state index in [1.165, 1.54) is 0 Å². The summed E-state index contributed by atoms with van der Waals surface area (Å²) >= 11 is 3.63. The SMILES string of the molecule is Cc1ccoc1C(Br)c1ccc2c(c1)C(=O)NCCO2. The van der Waals surface area contributed by atoms with E-state index in [0.717, 1.165) is 16.9 Å². The van der Waals surface area contributed by atoms with E-state index >= 15 is 0 Å². The highest BCUT2D eigenvalue weighted by Gasteiger charge is 2.21. The van der Waals surface area contributed by atoms with Crippen LogP contribution in [0.4, 0.5) is 0 Å². The van der Waals surface area contributed by atoms with Crippen LogP contribution in [0.1, 0.15) is 32.1 Å². The molecule has 4 nitrogen and oxygen atoms in total. The Kier molecular flexibility index (Phi) is 3.53. The van der Waals surface area contributed by atoms with E-state index in [0.29, 0.717) is 24.5 Å². The molecule has 2 aromatic rings. The molecule has 5 heteroatoms. The Morgan fingerprint density at radius 1 is 1.35 bits per heavy atom. The minimum Gasteiger partial charge on any atom is -0.491 e. The molecule has 0 spiro atoms. The molecule has 0 radical (unpaired) electrons. The number of aryl methyl sites for hydroxylation is 1. The number of benzene rings is 1. The number of carbonyl (C=O) groups is 1. The van der Waals surface area contributed by atoms with Gasteiger partial charge in [0.2, 0.25) is 0 Å². The van der Waals surface area contributed by atoms with E-state index in [-0.39, 0.29) is 10.7 Å². The number of furan rings is 1. The summed E-state index contributed by atoms with van der Waals surface area (Å²) in [6.07, 6.45) is 1.66. The van der Waals surface area contributed by atoms with Crippen molar-refractivity contribution in [3.63, 3.8) is 0 Å². The maximum atomic E-state index is 12.0. The van der Waals surface area contributed by atoms with Gasteiger partial charge in [0, 0.05) is 0 Å². The van der Waals surface area contributed by atoms with Gasteiger partial charge in [0.25, 0.3) is 5.91 Å². The number of amides is 1. The summed E-state index contributed by atoms with van der Waals surface area (Å²) in [5, 5.41) is 2.81. The van der Waals surface area contributed by atoms with Crippen LogP contribution in [-0.2, 0) is 0 Å². The number of ether oxygens (including phenoxy) is 1. The molecule has 0 bridgehead atoms. The van der Waals surface area contributed by atoms with Crippen LogP contribution in [0, 0.1) is 6.92 Å². The largest absolute Gasteiger partial charge is 0.491 e. The molecular weight excluding hydrogens is 322 g/mol. The first-order valence-electron chi connectivity index (χ1n) is 6.40. The summed E-state index contributed by atoms with van der Waals surface area (Å²) in [5.41, 5.74) is 2.60. The molecule has 0 saturated carbocycles. The highest BCUT2D eigenvalue weighted by molar-refractivity contribution is 9.09. The molecule has 1 atom stereocenters. The Balaban J connectivity index is 2.00. The summed E-state index contributed by atoms with van der Waals surface area (Å²) in [7, 11) is 0. The topological polar surface area (TPSA) is 51.5 Å².